The number of rotatable bonds is 3. The molecule has 1 aromatic carbocycles. The number of nitrogens with zero attached hydrogens (tertiary/aromatic N) is 1. The van der Waals surface area contributed by atoms with Crippen molar-refractivity contribution in [1.29, 1.82) is 0 Å². The van der Waals surface area contributed by atoms with Crippen LogP contribution < -0.4 is 10.1 Å². The summed E-state index contributed by atoms with van der Waals surface area (Å²) in [6.45, 7) is 0. The second-order valence-corrected chi connectivity index (χ2v) is 5.32. The molecule has 2 aromatic rings. The number of benzene rings is 1. The van der Waals surface area contributed by atoms with Crippen LogP contribution in [0.15, 0.2) is 30.5 Å². The van der Waals surface area contributed by atoms with E-state index in [1.165, 1.54) is 0 Å². The minimum atomic E-state index is -0.286. The van der Waals surface area contributed by atoms with Gasteiger partial charge in [0.2, 0.25) is 0 Å². The Balaban J connectivity index is 1.95. The number of aromatic nitrogens is 1. The van der Waals surface area contributed by atoms with Crippen molar-refractivity contribution in [2.75, 3.05) is 12.4 Å². The Bertz CT molecular complexity index is 600. The van der Waals surface area contributed by atoms with Crippen LogP contribution in [0.4, 0.5) is 5.82 Å². The zero-order valence-corrected chi connectivity index (χ0v) is 11.7. The fraction of sp³-hybridized carbons (Fsp3) is 0.438. The van der Waals surface area contributed by atoms with Gasteiger partial charge in [-0.3, -0.25) is 0 Å². The summed E-state index contributed by atoms with van der Waals surface area (Å²) in [6, 6.07) is 7.99. The number of anilines is 1. The molecule has 0 saturated heterocycles. The van der Waals surface area contributed by atoms with E-state index in [9.17, 15) is 5.11 Å². The highest BCUT2D eigenvalue weighted by atomic mass is 16.5. The van der Waals surface area contributed by atoms with E-state index in [0.29, 0.717) is 0 Å². The Morgan fingerprint density at radius 1 is 1.20 bits per heavy atom. The zero-order valence-electron chi connectivity index (χ0n) is 11.7. The van der Waals surface area contributed by atoms with Gasteiger partial charge in [-0.2, -0.15) is 0 Å². The van der Waals surface area contributed by atoms with Crippen LogP contribution in [0.25, 0.3) is 10.8 Å². The smallest absolute Gasteiger partial charge is 0.134 e. The van der Waals surface area contributed by atoms with Gasteiger partial charge in [0.15, 0.2) is 0 Å². The number of hydrogen-bond acceptors (Lipinski definition) is 4. The van der Waals surface area contributed by atoms with Gasteiger partial charge < -0.3 is 15.2 Å². The lowest BCUT2D eigenvalue weighted by molar-refractivity contribution is 0.116. The maximum absolute atomic E-state index is 10.1. The molecule has 1 aromatic heterocycles. The van der Waals surface area contributed by atoms with Gasteiger partial charge in [-0.25, -0.2) is 4.98 Å². The van der Waals surface area contributed by atoms with E-state index in [2.05, 4.69) is 10.3 Å². The summed E-state index contributed by atoms with van der Waals surface area (Å²) >= 11 is 0. The molecule has 0 spiro atoms. The molecule has 106 valence electrons. The van der Waals surface area contributed by atoms with Crippen LogP contribution in [0.5, 0.6) is 5.75 Å². The molecule has 0 radical (unpaired) electrons. The van der Waals surface area contributed by atoms with Crippen molar-refractivity contribution in [2.24, 2.45) is 0 Å². The monoisotopic (exact) mass is 272 g/mol. The maximum atomic E-state index is 10.1. The van der Waals surface area contributed by atoms with E-state index in [-0.39, 0.29) is 12.1 Å². The highest BCUT2D eigenvalue weighted by molar-refractivity contribution is 5.95. The predicted molar refractivity (Wildman–Crippen MR) is 80.2 cm³/mol. The average molecular weight is 272 g/mol. The normalized spacial score (nSPS) is 22.7. The number of methoxy groups -OCH3 is 1. The first-order valence-corrected chi connectivity index (χ1v) is 7.16. The summed E-state index contributed by atoms with van der Waals surface area (Å²) < 4.78 is 5.39. The molecule has 2 unspecified atom stereocenters. The molecule has 1 fully saturated rings. The standard InChI is InChI=1S/C16H20N2O2/c1-20-15-8-4-5-12-11(15)9-10-17-16(12)18-13-6-2-3-7-14(13)19/h4-5,8-10,13-14,19H,2-3,6-7H2,1H3,(H,17,18). The van der Waals surface area contributed by atoms with Crippen molar-refractivity contribution >= 4 is 16.6 Å². The molecule has 20 heavy (non-hydrogen) atoms. The van der Waals surface area contributed by atoms with Gasteiger partial charge in [0, 0.05) is 17.0 Å². The molecular weight excluding hydrogens is 252 g/mol. The Morgan fingerprint density at radius 3 is 2.85 bits per heavy atom. The quantitative estimate of drug-likeness (QED) is 0.902. The number of aliphatic hydroxyl groups excluding tert-OH is 1. The number of pyridine rings is 1. The van der Waals surface area contributed by atoms with Crippen molar-refractivity contribution in [3.05, 3.63) is 30.5 Å². The Kier molecular flexibility index (Phi) is 3.74. The SMILES string of the molecule is COc1cccc2c(NC3CCCCC3O)nccc12. The Labute approximate surface area is 118 Å². The predicted octanol–water partition coefficient (Wildman–Crippen LogP) is 2.96. The molecule has 0 bridgehead atoms. The molecule has 4 nitrogen and oxygen atoms in total. The first-order valence-electron chi connectivity index (χ1n) is 7.16. The Hall–Kier alpha value is -1.81. The summed E-state index contributed by atoms with van der Waals surface area (Å²) in [5.74, 6) is 1.67. The molecule has 2 N–H and O–H groups in total. The summed E-state index contributed by atoms with van der Waals surface area (Å²) in [4.78, 5) is 4.43. The minimum Gasteiger partial charge on any atom is -0.496 e. The van der Waals surface area contributed by atoms with E-state index in [0.717, 1.165) is 48.0 Å². The minimum absolute atomic E-state index is 0.0908. The first kappa shape index (κ1) is 13.2. The third-order valence-electron chi connectivity index (χ3n) is 4.04. The number of hydrogen-bond donors (Lipinski definition) is 2. The van der Waals surface area contributed by atoms with E-state index in [1.807, 2.05) is 24.3 Å². The lowest BCUT2D eigenvalue weighted by Crippen LogP contribution is -2.36. The fourth-order valence-corrected chi connectivity index (χ4v) is 2.93. The van der Waals surface area contributed by atoms with Crippen molar-refractivity contribution in [2.45, 2.75) is 37.8 Å². The average Bonchev–Trinajstić information content (AvgIpc) is 2.49. The van der Waals surface area contributed by atoms with Gasteiger partial charge in [0.1, 0.15) is 11.6 Å². The van der Waals surface area contributed by atoms with E-state index in [4.69, 9.17) is 4.74 Å². The van der Waals surface area contributed by atoms with Crippen molar-refractivity contribution in [1.82, 2.24) is 4.98 Å². The lowest BCUT2D eigenvalue weighted by atomic mass is 9.92. The molecule has 1 saturated carbocycles. The van der Waals surface area contributed by atoms with Crippen LogP contribution in [0.3, 0.4) is 0 Å². The van der Waals surface area contributed by atoms with Gasteiger partial charge in [-0.1, -0.05) is 25.0 Å². The van der Waals surface area contributed by atoms with Crippen molar-refractivity contribution < 1.29 is 9.84 Å². The highest BCUT2D eigenvalue weighted by Gasteiger charge is 2.23. The summed E-state index contributed by atoms with van der Waals surface area (Å²) in [5, 5.41) is 15.6. The second kappa shape index (κ2) is 5.67. The molecule has 1 aliphatic rings. The van der Waals surface area contributed by atoms with E-state index < -0.39 is 0 Å². The third kappa shape index (κ3) is 2.43. The Morgan fingerprint density at radius 2 is 2.05 bits per heavy atom. The van der Waals surface area contributed by atoms with E-state index in [1.54, 1.807) is 13.3 Å². The zero-order chi connectivity index (χ0) is 13.9. The highest BCUT2D eigenvalue weighted by Crippen LogP contribution is 2.30. The molecular formula is C16H20N2O2. The van der Waals surface area contributed by atoms with Gasteiger partial charge in [-0.15, -0.1) is 0 Å². The van der Waals surface area contributed by atoms with Crippen LogP contribution in [-0.4, -0.2) is 29.3 Å². The summed E-state index contributed by atoms with van der Waals surface area (Å²) in [7, 11) is 1.67. The van der Waals surface area contributed by atoms with Crippen molar-refractivity contribution in [3.63, 3.8) is 0 Å². The molecule has 1 aliphatic carbocycles. The number of fused-ring (bicyclic) bond motifs is 1. The number of aliphatic hydroxyl groups is 1. The summed E-state index contributed by atoms with van der Waals surface area (Å²) in [6.07, 6.45) is 5.61. The van der Waals surface area contributed by atoms with Gasteiger partial charge in [0.05, 0.1) is 19.3 Å². The van der Waals surface area contributed by atoms with Crippen LogP contribution in [-0.2, 0) is 0 Å². The van der Waals surface area contributed by atoms with E-state index >= 15 is 0 Å². The molecule has 4 heteroatoms. The second-order valence-electron chi connectivity index (χ2n) is 5.32. The van der Waals surface area contributed by atoms with Crippen LogP contribution in [0.2, 0.25) is 0 Å². The topological polar surface area (TPSA) is 54.4 Å². The van der Waals surface area contributed by atoms with Crippen LogP contribution in [0.1, 0.15) is 25.7 Å². The fourth-order valence-electron chi connectivity index (χ4n) is 2.93. The molecule has 0 aliphatic heterocycles. The van der Waals surface area contributed by atoms with Gasteiger partial charge in [-0.05, 0) is 25.0 Å². The molecule has 2 atom stereocenters. The largest absolute Gasteiger partial charge is 0.496 e. The van der Waals surface area contributed by atoms with Crippen LogP contribution >= 0.6 is 0 Å². The lowest BCUT2D eigenvalue weighted by Gasteiger charge is -2.29. The third-order valence-corrected chi connectivity index (χ3v) is 4.04. The first-order chi connectivity index (χ1) is 9.79. The molecule has 1 heterocycles. The molecule has 3 rings (SSSR count). The summed E-state index contributed by atoms with van der Waals surface area (Å²) in [5.41, 5.74) is 0. The number of nitrogens with one attached hydrogen (secondary N) is 1. The van der Waals surface area contributed by atoms with Crippen molar-refractivity contribution in [3.8, 4) is 5.75 Å². The van der Waals surface area contributed by atoms with Gasteiger partial charge >= 0.3 is 0 Å². The molecule has 0 amide bonds. The maximum Gasteiger partial charge on any atom is 0.134 e. The van der Waals surface area contributed by atoms with Crippen LogP contribution in [0, 0.1) is 0 Å². The number of ether oxygens (including phenoxy) is 1. The van der Waals surface area contributed by atoms with Gasteiger partial charge in [0.25, 0.3) is 0 Å².